The van der Waals surface area contributed by atoms with E-state index < -0.39 is 0 Å². The smallest absolute Gasteiger partial charge is 0.224 e. The number of nitrogens with one attached hydrogen (secondary N) is 1. The van der Waals surface area contributed by atoms with Gasteiger partial charge in [-0.3, -0.25) is 9.20 Å². The third kappa shape index (κ3) is 2.96. The van der Waals surface area contributed by atoms with Gasteiger partial charge in [0.2, 0.25) is 5.91 Å². The fraction of sp³-hybridized carbons (Fsp3) is 0.111. The van der Waals surface area contributed by atoms with Gasteiger partial charge in [0.05, 0.1) is 18.7 Å². The van der Waals surface area contributed by atoms with Gasteiger partial charge >= 0.3 is 0 Å². The summed E-state index contributed by atoms with van der Waals surface area (Å²) in [5.74, 6) is 0.0108. The summed E-state index contributed by atoms with van der Waals surface area (Å²) in [4.78, 5) is 17.5. The number of fused-ring (bicyclic) bond motifs is 2. The molecule has 0 bridgehead atoms. The lowest BCUT2D eigenvalue weighted by Gasteiger charge is -2.05. The molecule has 0 fully saturated rings. The maximum Gasteiger partial charge on any atom is 0.224 e. The Bertz CT molecular complexity index is 957. The zero-order valence-corrected chi connectivity index (χ0v) is 13.2. The van der Waals surface area contributed by atoms with Crippen LogP contribution in [0.3, 0.4) is 0 Å². The standard InChI is InChI=1S/C18H15N3OS/c22-17(19-11-16-12-21-7-8-23-18(21)20-16)10-13-5-6-14-3-1-2-4-15(14)9-13/h1-9,12H,10-11H2,(H,19,22). The molecule has 23 heavy (non-hydrogen) atoms. The summed E-state index contributed by atoms with van der Waals surface area (Å²) < 4.78 is 1.97. The Morgan fingerprint density at radius 1 is 1.17 bits per heavy atom. The highest BCUT2D eigenvalue weighted by Crippen LogP contribution is 2.16. The first-order valence-corrected chi connectivity index (χ1v) is 8.31. The first kappa shape index (κ1) is 14.0. The van der Waals surface area contributed by atoms with Crippen molar-refractivity contribution in [3.05, 3.63) is 71.5 Å². The number of thiazole rings is 1. The SMILES string of the molecule is O=C(Cc1ccc2ccccc2c1)NCc1cn2ccsc2n1. The van der Waals surface area contributed by atoms with Crippen LogP contribution in [0.15, 0.2) is 60.2 Å². The molecular weight excluding hydrogens is 306 g/mol. The van der Waals surface area contributed by atoms with Gasteiger partial charge in [-0.15, -0.1) is 11.3 Å². The molecule has 4 aromatic rings. The van der Waals surface area contributed by atoms with Crippen molar-refractivity contribution in [1.82, 2.24) is 14.7 Å². The Morgan fingerprint density at radius 2 is 2.04 bits per heavy atom. The maximum absolute atomic E-state index is 12.1. The summed E-state index contributed by atoms with van der Waals surface area (Å²) in [6, 6.07) is 14.3. The number of nitrogens with zero attached hydrogens (tertiary/aromatic N) is 2. The number of hydrogen-bond donors (Lipinski definition) is 1. The van der Waals surface area contributed by atoms with Crippen molar-refractivity contribution < 1.29 is 4.79 Å². The molecule has 4 nitrogen and oxygen atoms in total. The number of carbonyl (C=O) groups excluding carboxylic acids is 1. The fourth-order valence-corrected chi connectivity index (χ4v) is 3.37. The normalized spacial score (nSPS) is 11.1. The Morgan fingerprint density at radius 3 is 2.91 bits per heavy atom. The number of rotatable bonds is 4. The highest BCUT2D eigenvalue weighted by Gasteiger charge is 2.07. The molecule has 0 aliphatic rings. The Kier molecular flexibility index (Phi) is 3.55. The largest absolute Gasteiger partial charge is 0.350 e. The number of amides is 1. The molecule has 0 saturated carbocycles. The van der Waals surface area contributed by atoms with Gasteiger partial charge in [0, 0.05) is 17.8 Å². The van der Waals surface area contributed by atoms with Gasteiger partial charge in [0.25, 0.3) is 0 Å². The van der Waals surface area contributed by atoms with E-state index in [-0.39, 0.29) is 5.91 Å². The highest BCUT2D eigenvalue weighted by molar-refractivity contribution is 7.15. The van der Waals surface area contributed by atoms with Crippen molar-refractivity contribution in [2.24, 2.45) is 0 Å². The predicted octanol–water partition coefficient (Wildman–Crippen LogP) is 3.41. The van der Waals surface area contributed by atoms with Crippen molar-refractivity contribution in [2.75, 3.05) is 0 Å². The number of benzene rings is 2. The van der Waals surface area contributed by atoms with E-state index in [1.54, 1.807) is 11.3 Å². The van der Waals surface area contributed by atoms with E-state index in [1.807, 2.05) is 40.4 Å². The van der Waals surface area contributed by atoms with Crippen LogP contribution in [-0.4, -0.2) is 15.3 Å². The van der Waals surface area contributed by atoms with Gasteiger partial charge in [0.15, 0.2) is 4.96 Å². The monoisotopic (exact) mass is 321 g/mol. The average molecular weight is 321 g/mol. The molecule has 0 aliphatic heterocycles. The molecule has 0 saturated heterocycles. The number of imidazole rings is 1. The third-order valence-corrected chi connectivity index (χ3v) is 4.56. The molecule has 114 valence electrons. The zero-order valence-electron chi connectivity index (χ0n) is 12.4. The molecule has 4 rings (SSSR count). The third-order valence-electron chi connectivity index (χ3n) is 3.79. The molecule has 0 aliphatic carbocycles. The van der Waals surface area contributed by atoms with Gasteiger partial charge in [-0.25, -0.2) is 4.98 Å². The second-order valence-electron chi connectivity index (χ2n) is 5.46. The minimum atomic E-state index is 0.0108. The molecular formula is C18H15N3OS. The first-order chi connectivity index (χ1) is 11.3. The quantitative estimate of drug-likeness (QED) is 0.626. The average Bonchev–Trinajstić information content (AvgIpc) is 3.14. The van der Waals surface area contributed by atoms with Crippen LogP contribution in [-0.2, 0) is 17.8 Å². The fourth-order valence-electron chi connectivity index (χ4n) is 2.65. The van der Waals surface area contributed by atoms with Crippen molar-refractivity contribution >= 4 is 33.0 Å². The van der Waals surface area contributed by atoms with Crippen LogP contribution in [0.5, 0.6) is 0 Å². The van der Waals surface area contributed by atoms with Crippen LogP contribution >= 0.6 is 11.3 Å². The zero-order chi connectivity index (χ0) is 15.6. The number of hydrogen-bond acceptors (Lipinski definition) is 3. The minimum Gasteiger partial charge on any atom is -0.350 e. The second-order valence-corrected chi connectivity index (χ2v) is 6.33. The minimum absolute atomic E-state index is 0.0108. The first-order valence-electron chi connectivity index (χ1n) is 7.43. The molecule has 2 aromatic heterocycles. The van der Waals surface area contributed by atoms with Crippen molar-refractivity contribution in [2.45, 2.75) is 13.0 Å². The van der Waals surface area contributed by atoms with E-state index in [2.05, 4.69) is 34.6 Å². The second kappa shape index (κ2) is 5.85. The summed E-state index contributed by atoms with van der Waals surface area (Å²) in [5, 5.41) is 7.28. The van der Waals surface area contributed by atoms with Gasteiger partial charge < -0.3 is 5.32 Å². The Hall–Kier alpha value is -2.66. The molecule has 1 N–H and O–H groups in total. The van der Waals surface area contributed by atoms with Crippen molar-refractivity contribution in [3.63, 3.8) is 0 Å². The van der Waals surface area contributed by atoms with Gasteiger partial charge in [-0.1, -0.05) is 42.5 Å². The molecule has 0 radical (unpaired) electrons. The van der Waals surface area contributed by atoms with Crippen molar-refractivity contribution in [1.29, 1.82) is 0 Å². The molecule has 0 spiro atoms. The number of carbonyl (C=O) groups is 1. The lowest BCUT2D eigenvalue weighted by Crippen LogP contribution is -2.24. The summed E-state index contributed by atoms with van der Waals surface area (Å²) in [7, 11) is 0. The lowest BCUT2D eigenvalue weighted by atomic mass is 10.0. The van der Waals surface area contributed by atoms with E-state index in [4.69, 9.17) is 0 Å². The van der Waals surface area contributed by atoms with Crippen LogP contribution < -0.4 is 5.32 Å². The van der Waals surface area contributed by atoms with Crippen LogP contribution in [0.1, 0.15) is 11.3 Å². The molecule has 5 heteroatoms. The molecule has 0 atom stereocenters. The van der Waals surface area contributed by atoms with Crippen LogP contribution in [0.25, 0.3) is 15.7 Å². The summed E-state index contributed by atoms with van der Waals surface area (Å²) in [6.07, 6.45) is 4.29. The molecule has 2 aromatic carbocycles. The Labute approximate surface area is 137 Å². The van der Waals surface area contributed by atoms with Crippen LogP contribution in [0, 0.1) is 0 Å². The maximum atomic E-state index is 12.1. The van der Waals surface area contributed by atoms with E-state index in [0.29, 0.717) is 13.0 Å². The van der Waals surface area contributed by atoms with E-state index in [9.17, 15) is 4.79 Å². The van der Waals surface area contributed by atoms with Crippen molar-refractivity contribution in [3.8, 4) is 0 Å². The van der Waals surface area contributed by atoms with Crippen LogP contribution in [0.4, 0.5) is 0 Å². The van der Waals surface area contributed by atoms with Crippen LogP contribution in [0.2, 0.25) is 0 Å². The van der Waals surface area contributed by atoms with Gasteiger partial charge in [-0.2, -0.15) is 0 Å². The predicted molar refractivity (Wildman–Crippen MR) is 92.6 cm³/mol. The van der Waals surface area contributed by atoms with E-state index in [0.717, 1.165) is 21.6 Å². The molecule has 0 unspecified atom stereocenters. The highest BCUT2D eigenvalue weighted by atomic mass is 32.1. The summed E-state index contributed by atoms with van der Waals surface area (Å²) >= 11 is 1.59. The molecule has 1 amide bonds. The van der Waals surface area contributed by atoms with Gasteiger partial charge in [-0.05, 0) is 16.3 Å². The Balaban J connectivity index is 1.41. The summed E-state index contributed by atoms with van der Waals surface area (Å²) in [5.41, 5.74) is 1.90. The van der Waals surface area contributed by atoms with Gasteiger partial charge in [0.1, 0.15) is 0 Å². The number of aromatic nitrogens is 2. The summed E-state index contributed by atoms with van der Waals surface area (Å²) in [6.45, 7) is 0.459. The van der Waals surface area contributed by atoms with E-state index >= 15 is 0 Å². The van der Waals surface area contributed by atoms with E-state index in [1.165, 1.54) is 5.39 Å². The topological polar surface area (TPSA) is 46.4 Å². The lowest BCUT2D eigenvalue weighted by molar-refractivity contribution is -0.120. The molecule has 2 heterocycles.